The highest BCUT2D eigenvalue weighted by atomic mass is 32.2. The maximum atomic E-state index is 12.6. The molecule has 0 bridgehead atoms. The van der Waals surface area contributed by atoms with Gasteiger partial charge in [-0.3, -0.25) is 9.36 Å². The first-order chi connectivity index (χ1) is 15.0. The number of hydrogen-bond donors (Lipinski definition) is 2. The molecule has 0 aliphatic carbocycles. The normalized spacial score (nSPS) is 10.9. The van der Waals surface area contributed by atoms with Crippen LogP contribution in [-0.2, 0) is 6.54 Å². The van der Waals surface area contributed by atoms with E-state index < -0.39 is 0 Å². The highest BCUT2D eigenvalue weighted by Gasteiger charge is 2.18. The van der Waals surface area contributed by atoms with Gasteiger partial charge in [-0.05, 0) is 42.5 Å². The summed E-state index contributed by atoms with van der Waals surface area (Å²) in [5, 5.41) is 28.2. The monoisotopic (exact) mass is 437 g/mol. The third-order valence-electron chi connectivity index (χ3n) is 4.57. The van der Waals surface area contributed by atoms with E-state index in [-0.39, 0.29) is 23.0 Å². The Balaban J connectivity index is 1.61. The smallest absolute Gasteiger partial charge is 0.192 e. The quantitative estimate of drug-likeness (QED) is 0.242. The number of benzene rings is 2. The Hall–Kier alpha value is -3.72. The van der Waals surface area contributed by atoms with Crippen LogP contribution in [0.2, 0.25) is 0 Å². The largest absolute Gasteiger partial charge is 0.504 e. The minimum atomic E-state index is -0.336. The molecule has 158 valence electrons. The topological polar surface area (TPSA) is 111 Å². The number of methoxy groups -OCH3 is 1. The summed E-state index contributed by atoms with van der Waals surface area (Å²) in [4.78, 5) is 12.6. The summed E-state index contributed by atoms with van der Waals surface area (Å²) in [6, 6.07) is 15.1. The fraction of sp³-hybridized carbons (Fsp3) is 0.136. The third-order valence-corrected chi connectivity index (χ3v) is 5.54. The highest BCUT2D eigenvalue weighted by molar-refractivity contribution is 7.99. The van der Waals surface area contributed by atoms with Gasteiger partial charge in [-0.1, -0.05) is 23.9 Å². The minimum absolute atomic E-state index is 0.0820. The van der Waals surface area contributed by atoms with Gasteiger partial charge in [0.1, 0.15) is 11.5 Å². The molecule has 2 aromatic heterocycles. The van der Waals surface area contributed by atoms with Crippen molar-refractivity contribution in [1.29, 1.82) is 0 Å². The summed E-state index contributed by atoms with van der Waals surface area (Å²) in [5.74, 6) is 1.30. The van der Waals surface area contributed by atoms with Crippen LogP contribution in [0.5, 0.6) is 17.2 Å². The van der Waals surface area contributed by atoms with E-state index in [0.29, 0.717) is 28.8 Å². The van der Waals surface area contributed by atoms with Crippen LogP contribution < -0.4 is 4.74 Å². The molecule has 0 saturated carbocycles. The number of Topliss-reactive ketones (excluding diaryl/α,β-unsaturated/α-hetero) is 1. The molecule has 0 amide bonds. The van der Waals surface area contributed by atoms with Crippen molar-refractivity contribution in [3.05, 3.63) is 72.2 Å². The van der Waals surface area contributed by atoms with E-state index >= 15 is 0 Å². The molecule has 0 radical (unpaired) electrons. The van der Waals surface area contributed by atoms with Gasteiger partial charge >= 0.3 is 0 Å². The van der Waals surface area contributed by atoms with E-state index in [1.54, 1.807) is 19.4 Å². The summed E-state index contributed by atoms with van der Waals surface area (Å²) in [6.07, 6.45) is 1.60. The fourth-order valence-corrected chi connectivity index (χ4v) is 3.81. The first-order valence-corrected chi connectivity index (χ1v) is 10.3. The van der Waals surface area contributed by atoms with Crippen LogP contribution in [0.15, 0.2) is 70.4 Å². The molecular formula is C22H19N3O5S. The molecular weight excluding hydrogens is 418 g/mol. The van der Waals surface area contributed by atoms with Gasteiger partial charge in [-0.15, -0.1) is 10.2 Å². The molecule has 2 N–H and O–H groups in total. The Kier molecular flexibility index (Phi) is 5.94. The van der Waals surface area contributed by atoms with E-state index in [9.17, 15) is 15.0 Å². The lowest BCUT2D eigenvalue weighted by Gasteiger charge is -2.10. The zero-order valence-electron chi connectivity index (χ0n) is 16.6. The van der Waals surface area contributed by atoms with E-state index in [4.69, 9.17) is 9.15 Å². The first-order valence-electron chi connectivity index (χ1n) is 9.33. The van der Waals surface area contributed by atoms with Gasteiger partial charge < -0.3 is 19.4 Å². The van der Waals surface area contributed by atoms with Gasteiger partial charge in [-0.2, -0.15) is 0 Å². The van der Waals surface area contributed by atoms with E-state index in [0.717, 1.165) is 11.3 Å². The number of rotatable bonds is 8. The zero-order valence-corrected chi connectivity index (χ0v) is 17.4. The summed E-state index contributed by atoms with van der Waals surface area (Å²) in [7, 11) is 1.60. The summed E-state index contributed by atoms with van der Waals surface area (Å²) in [5.41, 5.74) is 1.12. The van der Waals surface area contributed by atoms with Crippen molar-refractivity contribution in [3.63, 3.8) is 0 Å². The average molecular weight is 437 g/mol. The van der Waals surface area contributed by atoms with Gasteiger partial charge in [0.25, 0.3) is 0 Å². The van der Waals surface area contributed by atoms with Crippen molar-refractivity contribution in [2.24, 2.45) is 0 Å². The van der Waals surface area contributed by atoms with Crippen molar-refractivity contribution in [2.75, 3.05) is 12.9 Å². The predicted octanol–water partition coefficient (Wildman–Crippen LogP) is 3.98. The van der Waals surface area contributed by atoms with Crippen molar-refractivity contribution in [2.45, 2.75) is 11.7 Å². The predicted molar refractivity (Wildman–Crippen MR) is 115 cm³/mol. The summed E-state index contributed by atoms with van der Waals surface area (Å²) < 4.78 is 12.7. The molecule has 0 unspecified atom stereocenters. The molecule has 0 spiro atoms. The van der Waals surface area contributed by atoms with Gasteiger partial charge in [-0.25, -0.2) is 0 Å². The molecule has 0 atom stereocenters. The number of ether oxygens (including phenoxy) is 1. The Morgan fingerprint density at radius 2 is 1.97 bits per heavy atom. The molecule has 8 nitrogen and oxygen atoms in total. The lowest BCUT2D eigenvalue weighted by Crippen LogP contribution is -2.06. The number of aromatic hydroxyl groups is 2. The van der Waals surface area contributed by atoms with Crippen LogP contribution >= 0.6 is 11.8 Å². The van der Waals surface area contributed by atoms with E-state index in [2.05, 4.69) is 10.2 Å². The second-order valence-corrected chi connectivity index (χ2v) is 7.56. The number of carbonyl (C=O) groups excluding carboxylic acids is 1. The molecule has 2 aromatic carbocycles. The molecule has 0 fully saturated rings. The van der Waals surface area contributed by atoms with Gasteiger partial charge in [0.2, 0.25) is 0 Å². The second kappa shape index (κ2) is 8.97. The number of furan rings is 1. The van der Waals surface area contributed by atoms with Crippen LogP contribution in [0.4, 0.5) is 0 Å². The first kappa shape index (κ1) is 20.5. The maximum Gasteiger partial charge on any atom is 0.192 e. The molecule has 2 heterocycles. The van der Waals surface area contributed by atoms with Crippen molar-refractivity contribution in [3.8, 4) is 28.6 Å². The summed E-state index contributed by atoms with van der Waals surface area (Å²) >= 11 is 1.23. The van der Waals surface area contributed by atoms with Crippen molar-refractivity contribution in [1.82, 2.24) is 14.8 Å². The van der Waals surface area contributed by atoms with Crippen molar-refractivity contribution < 1.29 is 24.2 Å². The van der Waals surface area contributed by atoms with Gasteiger partial charge in [0, 0.05) is 11.1 Å². The number of nitrogens with zero attached hydrogens (tertiary/aromatic N) is 3. The Morgan fingerprint density at radius 1 is 1.10 bits per heavy atom. The van der Waals surface area contributed by atoms with Crippen LogP contribution in [0, 0.1) is 0 Å². The zero-order chi connectivity index (χ0) is 21.8. The van der Waals surface area contributed by atoms with Crippen LogP contribution in [0.1, 0.15) is 16.1 Å². The number of phenolic OH excluding ortho intramolecular Hbond substituents is 2. The molecule has 31 heavy (non-hydrogen) atoms. The van der Waals surface area contributed by atoms with Crippen LogP contribution in [-0.4, -0.2) is 43.6 Å². The van der Waals surface area contributed by atoms with E-state index in [1.807, 2.05) is 34.9 Å². The SMILES string of the molecule is COc1cccc(-c2nnc(SCC(=O)c3ccc(O)c(O)c3)n2Cc2ccco2)c1. The second-order valence-electron chi connectivity index (χ2n) is 6.62. The number of phenols is 2. The lowest BCUT2D eigenvalue weighted by atomic mass is 10.1. The van der Waals surface area contributed by atoms with Crippen LogP contribution in [0.3, 0.4) is 0 Å². The van der Waals surface area contributed by atoms with E-state index in [1.165, 1.54) is 30.0 Å². The van der Waals surface area contributed by atoms with Crippen molar-refractivity contribution >= 4 is 17.5 Å². The summed E-state index contributed by atoms with van der Waals surface area (Å²) in [6.45, 7) is 0.392. The maximum absolute atomic E-state index is 12.6. The number of aromatic nitrogens is 3. The number of hydrogen-bond acceptors (Lipinski definition) is 8. The average Bonchev–Trinajstić information content (AvgIpc) is 3.44. The Bertz CT molecular complexity index is 1200. The third kappa shape index (κ3) is 4.56. The lowest BCUT2D eigenvalue weighted by molar-refractivity contribution is 0.102. The Morgan fingerprint density at radius 3 is 2.71 bits per heavy atom. The molecule has 4 rings (SSSR count). The molecule has 4 aromatic rings. The van der Waals surface area contributed by atoms with Gasteiger partial charge in [0.15, 0.2) is 28.3 Å². The molecule has 0 saturated heterocycles. The highest BCUT2D eigenvalue weighted by Crippen LogP contribution is 2.29. The fourth-order valence-electron chi connectivity index (χ4n) is 2.98. The number of thioether (sulfide) groups is 1. The molecule has 0 aliphatic rings. The molecule has 0 aliphatic heterocycles. The number of carbonyl (C=O) groups is 1. The molecule has 9 heteroatoms. The standard InChI is InChI=1S/C22H19N3O5S/c1-29-16-5-2-4-15(10-16)21-23-24-22(25(21)12-17-6-3-9-30-17)31-13-20(28)14-7-8-18(26)19(27)11-14/h2-11,26-27H,12-13H2,1H3. The van der Waals surface area contributed by atoms with Crippen LogP contribution in [0.25, 0.3) is 11.4 Å². The van der Waals surface area contributed by atoms with Gasteiger partial charge in [0.05, 0.1) is 25.7 Å². The number of ketones is 1. The Labute approximate surface area is 182 Å². The minimum Gasteiger partial charge on any atom is -0.504 e.